The highest BCUT2D eigenvalue weighted by Crippen LogP contribution is 2.41. The summed E-state index contributed by atoms with van der Waals surface area (Å²) < 4.78 is 16.7. The highest BCUT2D eigenvalue weighted by atomic mass is 32.2. The summed E-state index contributed by atoms with van der Waals surface area (Å²) in [6.45, 7) is 3.81. The van der Waals surface area contributed by atoms with E-state index in [1.54, 1.807) is 18.4 Å². The summed E-state index contributed by atoms with van der Waals surface area (Å²) in [5, 5.41) is 14.2. The number of aromatic nitrogens is 1. The number of aryl methyl sites for hydroxylation is 1. The molecule has 2 N–H and O–H groups in total. The van der Waals surface area contributed by atoms with Gasteiger partial charge in [0.15, 0.2) is 0 Å². The number of aliphatic hydroxyl groups excluding tert-OH is 1. The molecule has 8 heteroatoms. The summed E-state index contributed by atoms with van der Waals surface area (Å²) in [5.41, 5.74) is 5.93. The van der Waals surface area contributed by atoms with Crippen molar-refractivity contribution in [1.29, 1.82) is 0 Å². The lowest BCUT2D eigenvalue weighted by Gasteiger charge is -2.15. The topological polar surface area (TPSA) is 91.6 Å². The van der Waals surface area contributed by atoms with Crippen molar-refractivity contribution in [3.05, 3.63) is 39.5 Å². The molecular weight excluding hydrogens is 382 g/mol. The van der Waals surface area contributed by atoms with Gasteiger partial charge < -0.3 is 19.0 Å². The van der Waals surface area contributed by atoms with E-state index in [9.17, 15) is 14.1 Å². The molecule has 0 fully saturated rings. The molecule has 27 heavy (non-hydrogen) atoms. The molecule has 0 bridgehead atoms. The van der Waals surface area contributed by atoms with Crippen LogP contribution in [-0.4, -0.2) is 16.1 Å². The van der Waals surface area contributed by atoms with Crippen LogP contribution in [0.2, 0.25) is 0 Å². The van der Waals surface area contributed by atoms with Crippen molar-refractivity contribution in [1.82, 2.24) is 4.98 Å². The van der Waals surface area contributed by atoms with Gasteiger partial charge in [-0.05, 0) is 71.2 Å². The molecule has 2 heterocycles. The number of pyridine rings is 1. The number of hydrogen-bond donors (Lipinski definition) is 2. The third-order valence-corrected chi connectivity index (χ3v) is 7.55. The van der Waals surface area contributed by atoms with E-state index in [1.807, 2.05) is 0 Å². The SMILES string of the molecule is CC(O)c1csc(/[S-](=O)=N/C(=O)Nc2c3c(nc4c2CC[C@H]4C)CCC3)c1. The molecule has 2 aliphatic rings. The molecule has 0 aliphatic heterocycles. The number of hydrogen-bond acceptors (Lipinski definition) is 6. The third-order valence-electron chi connectivity index (χ3n) is 5.30. The standard InChI is InChI=1S/C19H22N3O3S2/c1-10-6-7-14-17(10)20-15-5-3-4-13(15)18(14)21-19(24)22-27(25)16-8-12(9-26-16)11(2)23/h8-11,23H,3-7H2,1-2H3,(H,20,21,24)/q-1/t10-,11?/m1/s1. The Kier molecular flexibility index (Phi) is 5.05. The number of rotatable bonds is 3. The van der Waals surface area contributed by atoms with Gasteiger partial charge in [-0.2, -0.15) is 11.3 Å². The number of carbonyl (C=O) groups excluding carboxylic acids is 1. The fraction of sp³-hybridized carbons (Fsp3) is 0.474. The average Bonchev–Trinajstić information content (AvgIpc) is 3.34. The van der Waals surface area contributed by atoms with E-state index in [4.69, 9.17) is 4.98 Å². The van der Waals surface area contributed by atoms with E-state index in [2.05, 4.69) is 16.6 Å². The van der Waals surface area contributed by atoms with Crippen LogP contribution >= 0.6 is 11.3 Å². The van der Waals surface area contributed by atoms with E-state index in [-0.39, 0.29) is 0 Å². The number of aliphatic hydroxyl groups is 1. The Balaban J connectivity index is 1.62. The van der Waals surface area contributed by atoms with Crippen LogP contribution in [0.15, 0.2) is 20.0 Å². The van der Waals surface area contributed by atoms with E-state index in [0.29, 0.717) is 15.7 Å². The number of fused-ring (bicyclic) bond motifs is 2. The molecule has 2 amide bonds. The molecular formula is C19H22N3O3S2-. The molecule has 1 unspecified atom stereocenters. The Labute approximate surface area is 164 Å². The summed E-state index contributed by atoms with van der Waals surface area (Å²) in [5.74, 6) is 0.401. The number of urea groups is 1. The summed E-state index contributed by atoms with van der Waals surface area (Å²) >= 11 is 1.23. The molecule has 144 valence electrons. The number of anilines is 1. The first-order valence-corrected chi connectivity index (χ1v) is 11.2. The van der Waals surface area contributed by atoms with Gasteiger partial charge >= 0.3 is 6.03 Å². The van der Waals surface area contributed by atoms with Crippen molar-refractivity contribution in [2.24, 2.45) is 4.36 Å². The number of carbonyl (C=O) groups is 1. The molecule has 2 aliphatic carbocycles. The van der Waals surface area contributed by atoms with E-state index in [1.165, 1.54) is 11.3 Å². The lowest BCUT2D eigenvalue weighted by molar-refractivity contribution is 0.199. The monoisotopic (exact) mass is 404 g/mol. The number of amides is 2. The molecule has 2 aromatic heterocycles. The van der Waals surface area contributed by atoms with E-state index >= 15 is 0 Å². The molecule has 0 saturated carbocycles. The lowest BCUT2D eigenvalue weighted by Crippen LogP contribution is -2.12. The number of nitrogens with zero attached hydrogens (tertiary/aromatic N) is 2. The predicted molar refractivity (Wildman–Crippen MR) is 106 cm³/mol. The number of thiophene rings is 1. The van der Waals surface area contributed by atoms with Crippen molar-refractivity contribution < 1.29 is 14.1 Å². The van der Waals surface area contributed by atoms with Crippen LogP contribution in [0.25, 0.3) is 0 Å². The minimum Gasteiger partial charge on any atom is -0.439 e. The fourth-order valence-corrected chi connectivity index (χ4v) is 5.67. The van der Waals surface area contributed by atoms with Crippen LogP contribution in [0, 0.1) is 0 Å². The Hall–Kier alpha value is -1.77. The van der Waals surface area contributed by atoms with Crippen LogP contribution in [0.1, 0.15) is 66.8 Å². The second-order valence-corrected chi connectivity index (χ2v) is 9.51. The third kappa shape index (κ3) is 3.53. The molecule has 0 aromatic carbocycles. The zero-order valence-corrected chi connectivity index (χ0v) is 17.0. The highest BCUT2D eigenvalue weighted by molar-refractivity contribution is 7.78. The Morgan fingerprint density at radius 2 is 2.22 bits per heavy atom. The maximum Gasteiger partial charge on any atom is 0.322 e. The zero-order valence-electron chi connectivity index (χ0n) is 15.3. The minimum absolute atomic E-state index is 0.401. The molecule has 6 nitrogen and oxygen atoms in total. The first-order valence-electron chi connectivity index (χ1n) is 9.19. The Morgan fingerprint density at radius 3 is 2.96 bits per heavy atom. The van der Waals surface area contributed by atoms with Crippen LogP contribution in [0.3, 0.4) is 0 Å². The molecule has 4 rings (SSSR count). The van der Waals surface area contributed by atoms with Gasteiger partial charge in [-0.3, -0.25) is 4.98 Å². The fourth-order valence-electron chi connectivity index (χ4n) is 3.84. The quantitative estimate of drug-likeness (QED) is 0.738. The first-order chi connectivity index (χ1) is 12.9. The smallest absolute Gasteiger partial charge is 0.322 e. The molecule has 2 atom stereocenters. The van der Waals surface area contributed by atoms with E-state index in [0.717, 1.165) is 60.3 Å². The minimum atomic E-state index is -1.78. The molecule has 2 aromatic rings. The summed E-state index contributed by atoms with van der Waals surface area (Å²) in [6, 6.07) is 1.04. The average molecular weight is 405 g/mol. The maximum atomic E-state index is 12.5. The lowest BCUT2D eigenvalue weighted by atomic mass is 10.0. The van der Waals surface area contributed by atoms with Gasteiger partial charge in [0.2, 0.25) is 0 Å². The van der Waals surface area contributed by atoms with Crippen molar-refractivity contribution in [2.75, 3.05) is 5.32 Å². The Bertz CT molecular complexity index is 990. The van der Waals surface area contributed by atoms with Gasteiger partial charge in [0.1, 0.15) is 0 Å². The van der Waals surface area contributed by atoms with Crippen molar-refractivity contribution in [3.63, 3.8) is 0 Å². The largest absolute Gasteiger partial charge is 0.439 e. The van der Waals surface area contributed by atoms with Crippen LogP contribution in [0.4, 0.5) is 10.5 Å². The second kappa shape index (κ2) is 7.33. The second-order valence-electron chi connectivity index (χ2n) is 7.21. The summed E-state index contributed by atoms with van der Waals surface area (Å²) in [4.78, 5) is 17.3. The van der Waals surface area contributed by atoms with Crippen molar-refractivity contribution in [2.45, 2.75) is 62.2 Å². The van der Waals surface area contributed by atoms with Crippen molar-refractivity contribution >= 4 is 33.7 Å². The first kappa shape index (κ1) is 18.6. The predicted octanol–water partition coefficient (Wildman–Crippen LogP) is 4.47. The number of nitrogens with one attached hydrogen (secondary N) is 1. The van der Waals surface area contributed by atoms with Gasteiger partial charge in [-0.1, -0.05) is 13.0 Å². The van der Waals surface area contributed by atoms with Crippen molar-refractivity contribution in [3.8, 4) is 0 Å². The summed E-state index contributed by atoms with van der Waals surface area (Å²) in [7, 11) is -1.78. The van der Waals surface area contributed by atoms with Crippen LogP contribution < -0.4 is 5.32 Å². The van der Waals surface area contributed by atoms with Crippen LogP contribution in [0.5, 0.6) is 0 Å². The molecule has 0 spiro atoms. The van der Waals surface area contributed by atoms with Gasteiger partial charge in [0.25, 0.3) is 0 Å². The highest BCUT2D eigenvalue weighted by Gasteiger charge is 2.29. The zero-order chi connectivity index (χ0) is 19.1. The normalized spacial score (nSPS) is 20.3. The molecule has 0 radical (unpaired) electrons. The summed E-state index contributed by atoms with van der Waals surface area (Å²) in [6.07, 6.45) is 4.20. The van der Waals surface area contributed by atoms with E-state index < -0.39 is 22.7 Å². The molecule has 0 saturated heterocycles. The van der Waals surface area contributed by atoms with Gasteiger partial charge in [0, 0.05) is 11.4 Å². The van der Waals surface area contributed by atoms with Gasteiger partial charge in [0.05, 0.1) is 11.8 Å². The van der Waals surface area contributed by atoms with Gasteiger partial charge in [-0.25, -0.2) is 4.79 Å². The van der Waals surface area contributed by atoms with Gasteiger partial charge in [-0.15, -0.1) is 10.6 Å². The maximum absolute atomic E-state index is 12.5. The Morgan fingerprint density at radius 1 is 1.41 bits per heavy atom. The van der Waals surface area contributed by atoms with Crippen LogP contribution in [-0.2, 0) is 34.1 Å².